The molecule has 0 aliphatic heterocycles. The van der Waals surface area contributed by atoms with Gasteiger partial charge in [0.15, 0.2) is 0 Å². The summed E-state index contributed by atoms with van der Waals surface area (Å²) in [7, 11) is 0. The molecule has 3 N–H and O–H groups in total. The largest absolute Gasteiger partial charge is 0.478 e. The Morgan fingerprint density at radius 2 is 2.05 bits per heavy atom. The first-order valence-electron chi connectivity index (χ1n) is 6.76. The average Bonchev–Trinajstić information content (AvgIpc) is 2.80. The molecule has 7 nitrogen and oxygen atoms in total. The van der Waals surface area contributed by atoms with Gasteiger partial charge < -0.3 is 24.9 Å². The fourth-order valence-electron chi connectivity index (χ4n) is 1.52. The minimum Gasteiger partial charge on any atom is -0.478 e. The predicted octanol–water partition coefficient (Wildman–Crippen LogP) is 1.98. The standard InChI is InChI=1S/C14H22N2O5/c1-14(2,3)21-13(19)16-6-4-5-15-8-11-7-10(9-20-11)12(17)18/h7,9,15H,4-6,8H2,1-3H3,(H,16,19)(H,17,18). The molecule has 0 atom stereocenters. The number of hydrogen-bond donors (Lipinski definition) is 3. The summed E-state index contributed by atoms with van der Waals surface area (Å²) in [6, 6.07) is 1.48. The van der Waals surface area contributed by atoms with E-state index in [1.54, 1.807) is 0 Å². The summed E-state index contributed by atoms with van der Waals surface area (Å²) in [5.74, 6) is -0.445. The third kappa shape index (κ3) is 7.36. The number of nitrogens with one attached hydrogen (secondary N) is 2. The van der Waals surface area contributed by atoms with Gasteiger partial charge in [-0.15, -0.1) is 0 Å². The number of hydrogen-bond acceptors (Lipinski definition) is 5. The average molecular weight is 298 g/mol. The smallest absolute Gasteiger partial charge is 0.407 e. The molecule has 7 heteroatoms. The Morgan fingerprint density at radius 1 is 1.33 bits per heavy atom. The van der Waals surface area contributed by atoms with Crippen molar-refractivity contribution in [3.63, 3.8) is 0 Å². The lowest BCUT2D eigenvalue weighted by atomic mass is 10.2. The molecule has 0 aliphatic carbocycles. The maximum absolute atomic E-state index is 11.4. The van der Waals surface area contributed by atoms with Crippen LogP contribution in [-0.4, -0.2) is 35.9 Å². The van der Waals surface area contributed by atoms with Crippen molar-refractivity contribution >= 4 is 12.1 Å². The maximum atomic E-state index is 11.4. The van der Waals surface area contributed by atoms with E-state index in [4.69, 9.17) is 14.3 Å². The van der Waals surface area contributed by atoms with E-state index >= 15 is 0 Å². The van der Waals surface area contributed by atoms with Gasteiger partial charge in [0.1, 0.15) is 17.6 Å². The summed E-state index contributed by atoms with van der Waals surface area (Å²) in [5, 5.41) is 14.5. The molecule has 1 aromatic heterocycles. The molecular weight excluding hydrogens is 276 g/mol. The van der Waals surface area contributed by atoms with Crippen LogP contribution in [0.3, 0.4) is 0 Å². The minimum atomic E-state index is -1.01. The Hall–Kier alpha value is -2.02. The van der Waals surface area contributed by atoms with E-state index in [0.717, 1.165) is 6.42 Å². The van der Waals surface area contributed by atoms with Crippen molar-refractivity contribution in [2.75, 3.05) is 13.1 Å². The molecule has 1 heterocycles. The predicted molar refractivity (Wildman–Crippen MR) is 76.2 cm³/mol. The van der Waals surface area contributed by atoms with Gasteiger partial charge in [-0.2, -0.15) is 0 Å². The third-order valence-corrected chi connectivity index (χ3v) is 2.40. The molecule has 0 radical (unpaired) electrons. The summed E-state index contributed by atoms with van der Waals surface area (Å²) >= 11 is 0. The molecular formula is C14H22N2O5. The summed E-state index contributed by atoms with van der Waals surface area (Å²) < 4.78 is 10.2. The van der Waals surface area contributed by atoms with E-state index < -0.39 is 17.7 Å². The van der Waals surface area contributed by atoms with E-state index in [1.165, 1.54) is 12.3 Å². The lowest BCUT2D eigenvalue weighted by molar-refractivity contribution is 0.0526. The normalized spacial score (nSPS) is 11.2. The number of carbonyl (C=O) groups excluding carboxylic acids is 1. The van der Waals surface area contributed by atoms with E-state index in [1.807, 2.05) is 20.8 Å². The number of furan rings is 1. The van der Waals surface area contributed by atoms with Crippen molar-refractivity contribution in [1.29, 1.82) is 0 Å². The van der Waals surface area contributed by atoms with Crippen LogP contribution in [0.1, 0.15) is 43.3 Å². The summed E-state index contributed by atoms with van der Waals surface area (Å²) in [5.41, 5.74) is -0.359. The molecule has 21 heavy (non-hydrogen) atoms. The van der Waals surface area contributed by atoms with Gasteiger partial charge in [-0.1, -0.05) is 0 Å². The molecule has 1 amide bonds. The number of amides is 1. The molecule has 1 rings (SSSR count). The van der Waals surface area contributed by atoms with Crippen molar-refractivity contribution in [1.82, 2.24) is 10.6 Å². The number of rotatable bonds is 7. The van der Waals surface area contributed by atoms with Crippen molar-refractivity contribution in [3.8, 4) is 0 Å². The lowest BCUT2D eigenvalue weighted by Gasteiger charge is -2.19. The van der Waals surface area contributed by atoms with E-state index in [0.29, 0.717) is 25.4 Å². The first-order chi connectivity index (χ1) is 9.78. The highest BCUT2D eigenvalue weighted by Gasteiger charge is 2.15. The molecule has 0 fully saturated rings. The van der Waals surface area contributed by atoms with Crippen LogP contribution < -0.4 is 10.6 Å². The second kappa shape index (κ2) is 7.68. The van der Waals surface area contributed by atoms with Gasteiger partial charge in [-0.25, -0.2) is 9.59 Å². The number of alkyl carbamates (subject to hydrolysis) is 1. The Labute approximate surface area is 123 Å². The molecule has 0 bridgehead atoms. The van der Waals surface area contributed by atoms with Crippen LogP contribution in [0.5, 0.6) is 0 Å². The third-order valence-electron chi connectivity index (χ3n) is 2.40. The highest BCUT2D eigenvalue weighted by molar-refractivity contribution is 5.87. The zero-order valence-electron chi connectivity index (χ0n) is 12.6. The maximum Gasteiger partial charge on any atom is 0.407 e. The van der Waals surface area contributed by atoms with Crippen LogP contribution in [0, 0.1) is 0 Å². The van der Waals surface area contributed by atoms with Crippen LogP contribution in [0.25, 0.3) is 0 Å². The topological polar surface area (TPSA) is 101 Å². The number of carboxylic acids is 1. The number of carbonyl (C=O) groups is 2. The first-order valence-corrected chi connectivity index (χ1v) is 6.76. The van der Waals surface area contributed by atoms with Gasteiger partial charge in [-0.05, 0) is 39.8 Å². The molecule has 0 aliphatic rings. The van der Waals surface area contributed by atoms with Crippen LogP contribution in [0.2, 0.25) is 0 Å². The van der Waals surface area contributed by atoms with Gasteiger partial charge in [0.2, 0.25) is 0 Å². The Kier molecular flexibility index (Phi) is 6.23. The van der Waals surface area contributed by atoms with Crippen molar-refractivity contribution in [2.45, 2.75) is 39.3 Å². The highest BCUT2D eigenvalue weighted by atomic mass is 16.6. The SMILES string of the molecule is CC(C)(C)OC(=O)NCCCNCc1cc(C(=O)O)co1. The van der Waals surface area contributed by atoms with Crippen molar-refractivity contribution < 1.29 is 23.8 Å². The fraction of sp³-hybridized carbons (Fsp3) is 0.571. The van der Waals surface area contributed by atoms with Gasteiger partial charge in [0, 0.05) is 6.54 Å². The molecule has 118 valence electrons. The molecule has 0 saturated carbocycles. The molecule has 0 aromatic carbocycles. The summed E-state index contributed by atoms with van der Waals surface area (Å²) in [6.07, 6.45) is 1.51. The van der Waals surface area contributed by atoms with E-state index in [9.17, 15) is 9.59 Å². The molecule has 0 spiro atoms. The van der Waals surface area contributed by atoms with Crippen LogP contribution in [0.4, 0.5) is 4.79 Å². The summed E-state index contributed by atoms with van der Waals surface area (Å²) in [6.45, 7) is 7.04. The monoisotopic (exact) mass is 298 g/mol. The van der Waals surface area contributed by atoms with E-state index in [-0.39, 0.29) is 5.56 Å². The second-order valence-corrected chi connectivity index (χ2v) is 5.57. The second-order valence-electron chi connectivity index (χ2n) is 5.57. The first kappa shape index (κ1) is 17.0. The number of aromatic carboxylic acids is 1. The van der Waals surface area contributed by atoms with Crippen molar-refractivity contribution in [3.05, 3.63) is 23.7 Å². The van der Waals surface area contributed by atoms with Crippen molar-refractivity contribution in [2.24, 2.45) is 0 Å². The van der Waals surface area contributed by atoms with Gasteiger partial charge in [-0.3, -0.25) is 0 Å². The minimum absolute atomic E-state index is 0.137. The zero-order chi connectivity index (χ0) is 15.9. The number of ether oxygens (including phenoxy) is 1. The quantitative estimate of drug-likeness (QED) is 0.665. The molecule has 0 unspecified atom stereocenters. The Bertz CT molecular complexity index is 476. The Balaban J connectivity index is 2.09. The van der Waals surface area contributed by atoms with Gasteiger partial charge in [0.25, 0.3) is 0 Å². The van der Waals surface area contributed by atoms with Crippen LogP contribution >= 0.6 is 0 Å². The Morgan fingerprint density at radius 3 is 2.62 bits per heavy atom. The highest BCUT2D eigenvalue weighted by Crippen LogP contribution is 2.07. The lowest BCUT2D eigenvalue weighted by Crippen LogP contribution is -2.33. The molecule has 1 aromatic rings. The number of carboxylic acid groups (broad SMARTS) is 1. The summed E-state index contributed by atoms with van der Waals surface area (Å²) in [4.78, 5) is 22.0. The fourth-order valence-corrected chi connectivity index (χ4v) is 1.52. The van der Waals surface area contributed by atoms with Gasteiger partial charge in [0.05, 0.1) is 12.1 Å². The molecule has 0 saturated heterocycles. The van der Waals surface area contributed by atoms with Crippen LogP contribution in [-0.2, 0) is 11.3 Å². The zero-order valence-corrected chi connectivity index (χ0v) is 12.6. The van der Waals surface area contributed by atoms with E-state index in [2.05, 4.69) is 10.6 Å². The van der Waals surface area contributed by atoms with Gasteiger partial charge >= 0.3 is 12.1 Å². The van der Waals surface area contributed by atoms with Crippen LogP contribution in [0.15, 0.2) is 16.7 Å².